The minimum atomic E-state index is -0.379. The summed E-state index contributed by atoms with van der Waals surface area (Å²) in [4.78, 5) is 4.79. The highest BCUT2D eigenvalue weighted by Gasteiger charge is 2.40. The van der Waals surface area contributed by atoms with Gasteiger partial charge in [-0.3, -0.25) is 5.10 Å². The van der Waals surface area contributed by atoms with Gasteiger partial charge in [-0.05, 0) is 46.9 Å². The van der Waals surface area contributed by atoms with Gasteiger partial charge in [0.1, 0.15) is 6.07 Å². The maximum atomic E-state index is 10.0. The standard InChI is InChI=1S/C19H17BrN6/c20-17-11(7-21)3-1-5-13(17)16-14(8-22)18(12-4-2-6-23-9-12)25-19-15(16)10-24-26-19/h1,3,5,10,12,14,16,23H,2,4,6,9H2,(H,24,26). The van der Waals surface area contributed by atoms with Crippen molar-refractivity contribution in [2.24, 2.45) is 16.8 Å². The fraction of sp³-hybridized carbons (Fsp3) is 0.368. The third-order valence-electron chi connectivity index (χ3n) is 5.21. The molecule has 3 unspecified atom stereocenters. The molecular weight excluding hydrogens is 392 g/mol. The van der Waals surface area contributed by atoms with Crippen LogP contribution in [0.25, 0.3) is 0 Å². The van der Waals surface area contributed by atoms with E-state index in [4.69, 9.17) is 4.99 Å². The molecule has 2 N–H and O–H groups in total. The second kappa shape index (κ2) is 7.03. The molecule has 0 radical (unpaired) electrons. The second-order valence-corrected chi connectivity index (χ2v) is 7.45. The van der Waals surface area contributed by atoms with Crippen LogP contribution in [0.2, 0.25) is 0 Å². The Kier molecular flexibility index (Phi) is 4.58. The van der Waals surface area contributed by atoms with E-state index in [1.54, 1.807) is 12.3 Å². The fourth-order valence-electron chi connectivity index (χ4n) is 3.97. The van der Waals surface area contributed by atoms with Gasteiger partial charge in [-0.2, -0.15) is 15.6 Å². The molecule has 1 saturated heterocycles. The highest BCUT2D eigenvalue weighted by molar-refractivity contribution is 9.10. The van der Waals surface area contributed by atoms with Crippen LogP contribution in [0.3, 0.4) is 0 Å². The molecule has 3 heterocycles. The minimum Gasteiger partial charge on any atom is -0.316 e. The van der Waals surface area contributed by atoms with Gasteiger partial charge in [0.2, 0.25) is 0 Å². The van der Waals surface area contributed by atoms with Crippen LogP contribution in [-0.4, -0.2) is 29.0 Å². The molecule has 7 heteroatoms. The first-order valence-electron chi connectivity index (χ1n) is 8.65. The molecule has 2 aliphatic rings. The van der Waals surface area contributed by atoms with Crippen molar-refractivity contribution in [3.8, 4) is 12.1 Å². The minimum absolute atomic E-state index is 0.203. The summed E-state index contributed by atoms with van der Waals surface area (Å²) in [5.41, 5.74) is 3.30. The average Bonchev–Trinajstić information content (AvgIpc) is 3.16. The topological polar surface area (TPSA) is 101 Å². The summed E-state index contributed by atoms with van der Waals surface area (Å²) in [6.07, 6.45) is 3.85. The Morgan fingerprint density at radius 3 is 2.85 bits per heavy atom. The van der Waals surface area contributed by atoms with Crippen LogP contribution < -0.4 is 5.32 Å². The molecule has 4 rings (SSSR count). The number of hydrogen-bond donors (Lipinski definition) is 2. The number of piperidine rings is 1. The SMILES string of the molecule is N#Cc1cccc(C2c3cn[nH]c3N=C(C3CCCNC3)C2C#N)c1Br. The van der Waals surface area contributed by atoms with Crippen LogP contribution in [0.15, 0.2) is 33.9 Å². The Morgan fingerprint density at radius 1 is 1.23 bits per heavy atom. The van der Waals surface area contributed by atoms with Gasteiger partial charge in [-0.25, -0.2) is 4.99 Å². The molecule has 1 fully saturated rings. The van der Waals surface area contributed by atoms with E-state index < -0.39 is 0 Å². The second-order valence-electron chi connectivity index (χ2n) is 6.66. The molecular formula is C19H17BrN6. The lowest BCUT2D eigenvalue weighted by Crippen LogP contribution is -2.39. The average molecular weight is 409 g/mol. The van der Waals surface area contributed by atoms with Gasteiger partial charge in [-0.15, -0.1) is 0 Å². The molecule has 1 aromatic heterocycles. The van der Waals surface area contributed by atoms with Crippen molar-refractivity contribution in [3.63, 3.8) is 0 Å². The first-order valence-corrected chi connectivity index (χ1v) is 9.44. The summed E-state index contributed by atoms with van der Waals surface area (Å²) in [5.74, 6) is 0.378. The van der Waals surface area contributed by atoms with Crippen molar-refractivity contribution < 1.29 is 0 Å². The van der Waals surface area contributed by atoms with E-state index in [0.29, 0.717) is 5.56 Å². The molecule has 3 atom stereocenters. The summed E-state index contributed by atoms with van der Waals surface area (Å²) in [6.45, 7) is 1.85. The van der Waals surface area contributed by atoms with Crippen LogP contribution in [0.4, 0.5) is 5.82 Å². The van der Waals surface area contributed by atoms with Crippen LogP contribution in [0.5, 0.6) is 0 Å². The zero-order valence-electron chi connectivity index (χ0n) is 14.0. The third kappa shape index (κ3) is 2.74. The quantitative estimate of drug-likeness (QED) is 0.794. The zero-order valence-corrected chi connectivity index (χ0v) is 15.6. The van der Waals surface area contributed by atoms with Crippen molar-refractivity contribution in [2.75, 3.05) is 13.1 Å². The van der Waals surface area contributed by atoms with Crippen molar-refractivity contribution in [2.45, 2.75) is 18.8 Å². The van der Waals surface area contributed by atoms with Crippen molar-refractivity contribution in [1.82, 2.24) is 15.5 Å². The molecule has 6 nitrogen and oxygen atoms in total. The van der Waals surface area contributed by atoms with Crippen LogP contribution in [0, 0.1) is 34.5 Å². The molecule has 0 saturated carbocycles. The molecule has 1 aromatic carbocycles. The van der Waals surface area contributed by atoms with Gasteiger partial charge in [0.15, 0.2) is 5.82 Å². The Labute approximate surface area is 160 Å². The molecule has 0 spiro atoms. The zero-order chi connectivity index (χ0) is 18.1. The molecule has 130 valence electrons. The fourth-order valence-corrected chi connectivity index (χ4v) is 4.57. The Balaban J connectivity index is 1.86. The van der Waals surface area contributed by atoms with Gasteiger partial charge in [0, 0.05) is 34.1 Å². The van der Waals surface area contributed by atoms with E-state index in [2.05, 4.69) is 43.6 Å². The van der Waals surface area contributed by atoms with Gasteiger partial charge < -0.3 is 5.32 Å². The largest absolute Gasteiger partial charge is 0.316 e. The number of H-pyrrole nitrogens is 1. The third-order valence-corrected chi connectivity index (χ3v) is 6.10. The number of fused-ring (bicyclic) bond motifs is 1. The summed E-state index contributed by atoms with van der Waals surface area (Å²) >= 11 is 3.58. The normalized spacial score (nSPS) is 24.9. The monoisotopic (exact) mass is 408 g/mol. The highest BCUT2D eigenvalue weighted by Crippen LogP contribution is 2.45. The first-order chi connectivity index (χ1) is 12.7. The number of hydrogen-bond acceptors (Lipinski definition) is 5. The molecule has 26 heavy (non-hydrogen) atoms. The predicted octanol–water partition coefficient (Wildman–Crippen LogP) is 3.40. The summed E-state index contributed by atoms with van der Waals surface area (Å²) in [6, 6.07) is 10.3. The Bertz CT molecular complexity index is 942. The van der Waals surface area contributed by atoms with Crippen molar-refractivity contribution in [3.05, 3.63) is 45.6 Å². The predicted molar refractivity (Wildman–Crippen MR) is 101 cm³/mol. The van der Waals surface area contributed by atoms with Crippen molar-refractivity contribution in [1.29, 1.82) is 10.5 Å². The van der Waals surface area contributed by atoms with Gasteiger partial charge in [0.25, 0.3) is 0 Å². The smallest absolute Gasteiger partial charge is 0.151 e. The number of aliphatic imine (C=N–C) groups is 1. The van der Waals surface area contributed by atoms with Gasteiger partial charge in [0.05, 0.1) is 23.7 Å². The van der Waals surface area contributed by atoms with E-state index in [1.165, 1.54) is 0 Å². The van der Waals surface area contributed by atoms with E-state index in [9.17, 15) is 10.5 Å². The maximum absolute atomic E-state index is 10.0. The number of aromatic nitrogens is 2. The maximum Gasteiger partial charge on any atom is 0.151 e. The molecule has 2 aromatic rings. The Morgan fingerprint density at radius 2 is 2.12 bits per heavy atom. The summed E-state index contributed by atoms with van der Waals surface area (Å²) < 4.78 is 0.739. The van der Waals surface area contributed by atoms with Crippen LogP contribution in [-0.2, 0) is 0 Å². The number of nitrogens with zero attached hydrogens (tertiary/aromatic N) is 4. The molecule has 0 aliphatic carbocycles. The molecule has 0 amide bonds. The lowest BCUT2D eigenvalue weighted by Gasteiger charge is -2.33. The lowest BCUT2D eigenvalue weighted by molar-refractivity contribution is 0.445. The van der Waals surface area contributed by atoms with E-state index >= 15 is 0 Å². The number of nitriles is 2. The number of nitrogens with one attached hydrogen (secondary N) is 2. The van der Waals surface area contributed by atoms with Crippen LogP contribution in [0.1, 0.15) is 35.4 Å². The Hall–Kier alpha value is -2.48. The first kappa shape index (κ1) is 17.0. The van der Waals surface area contributed by atoms with Crippen LogP contribution >= 0.6 is 15.9 Å². The number of halogens is 1. The number of rotatable bonds is 2. The van der Waals surface area contributed by atoms with E-state index in [-0.39, 0.29) is 17.8 Å². The number of benzene rings is 1. The summed E-state index contributed by atoms with van der Waals surface area (Å²) in [5, 5.41) is 30.0. The van der Waals surface area contributed by atoms with E-state index in [1.807, 2.05) is 12.1 Å². The van der Waals surface area contributed by atoms with Crippen molar-refractivity contribution >= 4 is 27.5 Å². The van der Waals surface area contributed by atoms with Gasteiger partial charge >= 0.3 is 0 Å². The lowest BCUT2D eigenvalue weighted by atomic mass is 9.73. The van der Waals surface area contributed by atoms with E-state index in [0.717, 1.165) is 53.1 Å². The number of aromatic amines is 1. The molecule has 0 bridgehead atoms. The summed E-state index contributed by atoms with van der Waals surface area (Å²) in [7, 11) is 0. The highest BCUT2D eigenvalue weighted by atomic mass is 79.9. The van der Waals surface area contributed by atoms with Gasteiger partial charge in [-0.1, -0.05) is 12.1 Å². The molecule has 2 aliphatic heterocycles.